The Labute approximate surface area is 162 Å². The Morgan fingerprint density at radius 2 is 1.63 bits per heavy atom. The Hall–Kier alpha value is -1.84. The van der Waals surface area contributed by atoms with Crippen molar-refractivity contribution in [2.24, 2.45) is 23.2 Å². The molecule has 5 rings (SSSR count). The fourth-order valence-electron chi connectivity index (χ4n) is 6.14. The third kappa shape index (κ3) is 3.76. The summed E-state index contributed by atoms with van der Waals surface area (Å²) in [7, 11) is 0. The molecular formula is C23H31NO3. The quantitative estimate of drug-likeness (QED) is 0.760. The number of esters is 1. The molecule has 1 aromatic rings. The van der Waals surface area contributed by atoms with E-state index in [1.54, 1.807) is 0 Å². The molecule has 1 N–H and O–H groups in total. The van der Waals surface area contributed by atoms with Gasteiger partial charge in [0.2, 0.25) is 5.91 Å². The number of ether oxygens (including phenoxy) is 1. The SMILES string of the molecule is CCOC(=O)C[C@H](NC(=O)C12CC3CC(CC(C3)C1)C2)c1ccc(C)cc1. The zero-order chi connectivity index (χ0) is 19.0. The molecule has 1 atom stereocenters. The van der Waals surface area contributed by atoms with Gasteiger partial charge in [-0.3, -0.25) is 9.59 Å². The van der Waals surface area contributed by atoms with Crippen LogP contribution < -0.4 is 5.32 Å². The lowest BCUT2D eigenvalue weighted by molar-refractivity contribution is -0.148. The molecule has 4 nitrogen and oxygen atoms in total. The summed E-state index contributed by atoms with van der Waals surface area (Å²) in [5.74, 6) is 2.09. The van der Waals surface area contributed by atoms with Crippen LogP contribution >= 0.6 is 0 Å². The van der Waals surface area contributed by atoms with Gasteiger partial charge in [0.15, 0.2) is 0 Å². The smallest absolute Gasteiger partial charge is 0.308 e. The van der Waals surface area contributed by atoms with E-state index >= 15 is 0 Å². The molecule has 0 spiro atoms. The van der Waals surface area contributed by atoms with Gasteiger partial charge in [-0.25, -0.2) is 0 Å². The molecule has 0 saturated heterocycles. The van der Waals surface area contributed by atoms with Gasteiger partial charge >= 0.3 is 5.97 Å². The van der Waals surface area contributed by atoms with Crippen molar-refractivity contribution in [1.82, 2.24) is 5.32 Å². The second-order valence-electron chi connectivity index (χ2n) is 9.14. The summed E-state index contributed by atoms with van der Waals surface area (Å²) >= 11 is 0. The van der Waals surface area contributed by atoms with Gasteiger partial charge in [0.1, 0.15) is 0 Å². The standard InChI is InChI=1S/C23H31NO3/c1-3-27-21(25)11-20(19-6-4-15(2)5-7-19)24-22(26)23-12-16-8-17(13-23)10-18(9-16)14-23/h4-7,16-18,20H,3,8-14H2,1-2H3,(H,24,26)/t16?,17?,18?,20-,23?/m0/s1. The molecule has 4 saturated carbocycles. The molecule has 27 heavy (non-hydrogen) atoms. The first-order valence-electron chi connectivity index (χ1n) is 10.5. The Morgan fingerprint density at radius 1 is 1.07 bits per heavy atom. The van der Waals surface area contributed by atoms with Crippen LogP contribution in [0.1, 0.15) is 69.0 Å². The first-order chi connectivity index (χ1) is 13.0. The number of aryl methyl sites for hydroxylation is 1. The summed E-state index contributed by atoms with van der Waals surface area (Å²) in [4.78, 5) is 25.6. The molecule has 0 heterocycles. The minimum absolute atomic E-state index is 0.163. The van der Waals surface area contributed by atoms with Crippen LogP contribution in [-0.2, 0) is 14.3 Å². The lowest BCUT2D eigenvalue weighted by Gasteiger charge is -2.55. The van der Waals surface area contributed by atoms with Gasteiger partial charge in [0, 0.05) is 5.41 Å². The summed E-state index contributed by atoms with van der Waals surface area (Å²) < 4.78 is 5.16. The summed E-state index contributed by atoms with van der Waals surface area (Å²) in [5.41, 5.74) is 1.94. The van der Waals surface area contributed by atoms with Crippen molar-refractivity contribution >= 4 is 11.9 Å². The van der Waals surface area contributed by atoms with Gasteiger partial charge in [-0.05, 0) is 75.7 Å². The van der Waals surface area contributed by atoms with Crippen LogP contribution in [0.2, 0.25) is 0 Å². The normalized spacial score (nSPS) is 32.1. The second-order valence-corrected chi connectivity index (χ2v) is 9.14. The number of hydrogen-bond donors (Lipinski definition) is 1. The van der Waals surface area contributed by atoms with Crippen LogP contribution in [-0.4, -0.2) is 18.5 Å². The molecule has 0 radical (unpaired) electrons. The van der Waals surface area contributed by atoms with Crippen molar-refractivity contribution in [3.8, 4) is 0 Å². The summed E-state index contributed by atoms with van der Waals surface area (Å²) in [5, 5.41) is 3.26. The number of amides is 1. The third-order valence-electron chi connectivity index (χ3n) is 6.98. The van der Waals surface area contributed by atoms with Gasteiger partial charge in [-0.15, -0.1) is 0 Å². The van der Waals surface area contributed by atoms with Crippen molar-refractivity contribution in [2.45, 2.75) is 64.8 Å². The van der Waals surface area contributed by atoms with E-state index < -0.39 is 0 Å². The van der Waals surface area contributed by atoms with Crippen molar-refractivity contribution in [3.05, 3.63) is 35.4 Å². The van der Waals surface area contributed by atoms with E-state index in [4.69, 9.17) is 4.74 Å². The van der Waals surface area contributed by atoms with E-state index in [9.17, 15) is 9.59 Å². The fourth-order valence-corrected chi connectivity index (χ4v) is 6.14. The van der Waals surface area contributed by atoms with Crippen LogP contribution in [0.15, 0.2) is 24.3 Å². The number of nitrogens with one attached hydrogen (secondary N) is 1. The highest BCUT2D eigenvalue weighted by molar-refractivity contribution is 5.84. The highest BCUT2D eigenvalue weighted by Crippen LogP contribution is 2.60. The molecule has 4 heteroatoms. The van der Waals surface area contributed by atoms with E-state index in [0.717, 1.165) is 42.6 Å². The average Bonchev–Trinajstić information content (AvgIpc) is 2.61. The van der Waals surface area contributed by atoms with Crippen LogP contribution in [0.5, 0.6) is 0 Å². The molecule has 0 aliphatic heterocycles. The van der Waals surface area contributed by atoms with E-state index in [0.29, 0.717) is 6.61 Å². The predicted molar refractivity (Wildman–Crippen MR) is 104 cm³/mol. The zero-order valence-electron chi connectivity index (χ0n) is 16.5. The maximum atomic E-state index is 13.4. The van der Waals surface area contributed by atoms with Gasteiger partial charge in [0.25, 0.3) is 0 Å². The van der Waals surface area contributed by atoms with Crippen molar-refractivity contribution < 1.29 is 14.3 Å². The second kappa shape index (κ2) is 7.29. The van der Waals surface area contributed by atoms with Crippen molar-refractivity contribution in [2.75, 3.05) is 6.61 Å². The topological polar surface area (TPSA) is 55.4 Å². The number of carbonyl (C=O) groups excluding carboxylic acids is 2. The minimum Gasteiger partial charge on any atom is -0.466 e. The van der Waals surface area contributed by atoms with Crippen LogP contribution in [0.4, 0.5) is 0 Å². The number of rotatable bonds is 6. The Morgan fingerprint density at radius 3 is 2.15 bits per heavy atom. The summed E-state index contributed by atoms with van der Waals surface area (Å²) in [6.07, 6.45) is 7.24. The lowest BCUT2D eigenvalue weighted by Crippen LogP contribution is -2.54. The zero-order valence-corrected chi connectivity index (χ0v) is 16.5. The van der Waals surface area contributed by atoms with E-state index in [1.165, 1.54) is 24.8 Å². The number of carbonyl (C=O) groups is 2. The van der Waals surface area contributed by atoms with E-state index in [1.807, 2.05) is 38.1 Å². The van der Waals surface area contributed by atoms with Crippen LogP contribution in [0, 0.1) is 30.1 Å². The molecule has 1 aromatic carbocycles. The molecule has 0 aromatic heterocycles. The van der Waals surface area contributed by atoms with Gasteiger partial charge in [0.05, 0.1) is 19.1 Å². The first-order valence-corrected chi connectivity index (χ1v) is 10.5. The maximum absolute atomic E-state index is 13.4. The molecule has 4 aliphatic carbocycles. The maximum Gasteiger partial charge on any atom is 0.308 e. The molecular weight excluding hydrogens is 338 g/mol. The number of hydrogen-bond acceptors (Lipinski definition) is 3. The van der Waals surface area contributed by atoms with Crippen LogP contribution in [0.3, 0.4) is 0 Å². The van der Waals surface area contributed by atoms with E-state index in [-0.39, 0.29) is 29.8 Å². The minimum atomic E-state index is -0.315. The van der Waals surface area contributed by atoms with Crippen molar-refractivity contribution in [1.29, 1.82) is 0 Å². The Kier molecular flexibility index (Phi) is 5.00. The molecule has 4 aliphatic rings. The summed E-state index contributed by atoms with van der Waals surface area (Å²) in [6, 6.07) is 7.78. The lowest BCUT2D eigenvalue weighted by atomic mass is 9.49. The highest BCUT2D eigenvalue weighted by Gasteiger charge is 2.54. The Bertz CT molecular complexity index is 674. The monoisotopic (exact) mass is 369 g/mol. The van der Waals surface area contributed by atoms with E-state index in [2.05, 4.69) is 5.32 Å². The predicted octanol–water partition coefficient (Wildman–Crippen LogP) is 4.32. The third-order valence-corrected chi connectivity index (χ3v) is 6.98. The summed E-state index contributed by atoms with van der Waals surface area (Å²) in [6.45, 7) is 4.22. The van der Waals surface area contributed by atoms with Gasteiger partial charge < -0.3 is 10.1 Å². The average molecular weight is 370 g/mol. The van der Waals surface area contributed by atoms with Gasteiger partial charge in [-0.1, -0.05) is 29.8 Å². The molecule has 146 valence electrons. The molecule has 0 unspecified atom stereocenters. The number of benzene rings is 1. The highest BCUT2D eigenvalue weighted by atomic mass is 16.5. The van der Waals surface area contributed by atoms with Crippen molar-refractivity contribution in [3.63, 3.8) is 0 Å². The largest absolute Gasteiger partial charge is 0.466 e. The first kappa shape index (κ1) is 18.5. The fraction of sp³-hybridized carbons (Fsp3) is 0.652. The molecule has 4 bridgehead atoms. The molecule has 1 amide bonds. The van der Waals surface area contributed by atoms with Gasteiger partial charge in [-0.2, -0.15) is 0 Å². The Balaban J connectivity index is 1.53. The molecule has 4 fully saturated rings. The van der Waals surface area contributed by atoms with Crippen LogP contribution in [0.25, 0.3) is 0 Å².